The Hall–Kier alpha value is -2.47. The molecule has 0 aliphatic carbocycles. The second-order valence-electron chi connectivity index (χ2n) is 4.74. The minimum absolute atomic E-state index is 0.426. The van der Waals surface area contributed by atoms with Crippen LogP contribution in [0.25, 0.3) is 10.8 Å². The van der Waals surface area contributed by atoms with E-state index in [1.54, 1.807) is 12.1 Å². The topological polar surface area (TPSA) is 95.5 Å². The predicted molar refractivity (Wildman–Crippen MR) is 78.5 cm³/mol. The van der Waals surface area contributed by atoms with Gasteiger partial charge in [-0.15, -0.1) is 0 Å². The molecule has 0 aliphatic heterocycles. The molecule has 110 valence electrons. The molecule has 0 unspecified atom stereocenters. The Labute approximate surface area is 121 Å². The van der Waals surface area contributed by atoms with Crippen LogP contribution in [0.3, 0.4) is 0 Å². The lowest BCUT2D eigenvalue weighted by atomic mass is 9.88. The van der Waals surface area contributed by atoms with Crippen molar-refractivity contribution in [1.29, 1.82) is 0 Å². The van der Waals surface area contributed by atoms with E-state index in [1.807, 2.05) is 30.3 Å². The number of carbonyl (C=O) groups excluding carboxylic acids is 1. The zero-order chi connectivity index (χ0) is 15.4. The van der Waals surface area contributed by atoms with E-state index in [-0.39, 0.29) is 0 Å². The van der Waals surface area contributed by atoms with Crippen LogP contribution in [0.4, 0.5) is 0 Å². The standard InChI is InChI=1S/C15H16N2O4/c1-21-15(18)14(16)13(9-17(19)20)12-8-4-6-10-5-2-3-7-11(10)12/h2-8,13-14H,9,16H2,1H3/t13-,14-/m1/s1. The first-order valence-corrected chi connectivity index (χ1v) is 6.47. The Morgan fingerprint density at radius 3 is 2.62 bits per heavy atom. The second kappa shape index (κ2) is 6.32. The van der Waals surface area contributed by atoms with Crippen LogP contribution < -0.4 is 5.73 Å². The van der Waals surface area contributed by atoms with E-state index in [4.69, 9.17) is 5.73 Å². The first-order valence-electron chi connectivity index (χ1n) is 6.47. The SMILES string of the molecule is COC(=O)[C@H](N)[C@H](C[N+](=O)[O-])c1cccc2ccccc12. The van der Waals surface area contributed by atoms with Gasteiger partial charge in [-0.3, -0.25) is 14.9 Å². The molecule has 0 amide bonds. The average Bonchev–Trinajstić information content (AvgIpc) is 2.50. The van der Waals surface area contributed by atoms with E-state index in [9.17, 15) is 14.9 Å². The molecule has 0 spiro atoms. The fraction of sp³-hybridized carbons (Fsp3) is 0.267. The van der Waals surface area contributed by atoms with Crippen LogP contribution in [0.2, 0.25) is 0 Å². The molecule has 0 heterocycles. The summed E-state index contributed by atoms with van der Waals surface area (Å²) >= 11 is 0. The van der Waals surface area contributed by atoms with Crippen molar-refractivity contribution in [2.45, 2.75) is 12.0 Å². The molecule has 0 saturated carbocycles. The molecule has 6 nitrogen and oxygen atoms in total. The number of nitrogens with zero attached hydrogens (tertiary/aromatic N) is 1. The smallest absolute Gasteiger partial charge is 0.323 e. The van der Waals surface area contributed by atoms with Crippen LogP contribution in [0.15, 0.2) is 42.5 Å². The van der Waals surface area contributed by atoms with Gasteiger partial charge in [0.1, 0.15) is 6.04 Å². The van der Waals surface area contributed by atoms with Crippen molar-refractivity contribution in [3.05, 3.63) is 58.1 Å². The van der Waals surface area contributed by atoms with Gasteiger partial charge in [0.15, 0.2) is 0 Å². The maximum atomic E-state index is 11.7. The lowest BCUT2D eigenvalue weighted by Gasteiger charge is -2.20. The number of hydrogen-bond donors (Lipinski definition) is 1. The molecule has 2 rings (SSSR count). The molecular weight excluding hydrogens is 272 g/mol. The van der Waals surface area contributed by atoms with Crippen LogP contribution in [-0.4, -0.2) is 30.6 Å². The largest absolute Gasteiger partial charge is 0.468 e. The predicted octanol–water partition coefficient (Wildman–Crippen LogP) is 1.70. The third kappa shape index (κ3) is 3.17. The summed E-state index contributed by atoms with van der Waals surface area (Å²) in [7, 11) is 1.22. The van der Waals surface area contributed by atoms with Gasteiger partial charge in [0.2, 0.25) is 6.54 Å². The van der Waals surface area contributed by atoms with Gasteiger partial charge in [-0.1, -0.05) is 42.5 Å². The molecular formula is C15H16N2O4. The zero-order valence-corrected chi connectivity index (χ0v) is 11.6. The number of nitro groups is 1. The van der Waals surface area contributed by atoms with E-state index in [0.717, 1.165) is 10.8 Å². The van der Waals surface area contributed by atoms with Crippen molar-refractivity contribution in [1.82, 2.24) is 0 Å². The molecule has 0 bridgehead atoms. The summed E-state index contributed by atoms with van der Waals surface area (Å²) in [6.45, 7) is -0.426. The van der Waals surface area contributed by atoms with Gasteiger partial charge in [0.05, 0.1) is 13.0 Å². The summed E-state index contributed by atoms with van der Waals surface area (Å²) in [6.07, 6.45) is 0. The number of fused-ring (bicyclic) bond motifs is 1. The fourth-order valence-electron chi connectivity index (χ4n) is 2.44. The molecule has 2 aromatic carbocycles. The first-order chi connectivity index (χ1) is 10.0. The summed E-state index contributed by atoms with van der Waals surface area (Å²) < 4.78 is 4.62. The summed E-state index contributed by atoms with van der Waals surface area (Å²) in [5, 5.41) is 12.7. The molecule has 0 saturated heterocycles. The molecule has 0 fully saturated rings. The molecule has 6 heteroatoms. The van der Waals surface area contributed by atoms with Gasteiger partial charge in [0, 0.05) is 4.92 Å². The highest BCUT2D eigenvalue weighted by molar-refractivity contribution is 5.87. The fourth-order valence-corrected chi connectivity index (χ4v) is 2.44. The van der Waals surface area contributed by atoms with Gasteiger partial charge >= 0.3 is 5.97 Å². The highest BCUT2D eigenvalue weighted by atomic mass is 16.6. The summed E-state index contributed by atoms with van der Waals surface area (Å²) in [4.78, 5) is 22.1. The third-order valence-corrected chi connectivity index (χ3v) is 3.48. The lowest BCUT2D eigenvalue weighted by Crippen LogP contribution is -2.40. The molecule has 0 aliphatic rings. The number of benzene rings is 2. The second-order valence-corrected chi connectivity index (χ2v) is 4.74. The van der Waals surface area contributed by atoms with E-state index >= 15 is 0 Å². The molecule has 2 N–H and O–H groups in total. The summed E-state index contributed by atoms with van der Waals surface area (Å²) in [5.41, 5.74) is 6.55. The quantitative estimate of drug-likeness (QED) is 0.513. The van der Waals surface area contributed by atoms with Crippen LogP contribution in [-0.2, 0) is 9.53 Å². The summed E-state index contributed by atoms with van der Waals surface area (Å²) in [6, 6.07) is 11.9. The Morgan fingerprint density at radius 2 is 1.95 bits per heavy atom. The van der Waals surface area contributed by atoms with Crippen molar-refractivity contribution >= 4 is 16.7 Å². The Kier molecular flexibility index (Phi) is 4.49. The molecule has 21 heavy (non-hydrogen) atoms. The number of carbonyl (C=O) groups is 1. The van der Waals surface area contributed by atoms with Gasteiger partial charge in [-0.25, -0.2) is 0 Å². The Morgan fingerprint density at radius 1 is 1.29 bits per heavy atom. The van der Waals surface area contributed by atoms with Gasteiger partial charge < -0.3 is 10.5 Å². The normalized spacial score (nSPS) is 13.6. The minimum Gasteiger partial charge on any atom is -0.468 e. The van der Waals surface area contributed by atoms with E-state index < -0.39 is 29.4 Å². The lowest BCUT2D eigenvalue weighted by molar-refractivity contribution is -0.483. The highest BCUT2D eigenvalue weighted by Gasteiger charge is 2.32. The van der Waals surface area contributed by atoms with Gasteiger partial charge in [-0.05, 0) is 16.3 Å². The maximum absolute atomic E-state index is 11.7. The average molecular weight is 288 g/mol. The van der Waals surface area contributed by atoms with E-state index in [2.05, 4.69) is 4.74 Å². The van der Waals surface area contributed by atoms with Crippen LogP contribution in [0.5, 0.6) is 0 Å². The Balaban J connectivity index is 2.53. The third-order valence-electron chi connectivity index (χ3n) is 3.48. The number of rotatable bonds is 5. The van der Waals surface area contributed by atoms with Crippen LogP contribution >= 0.6 is 0 Å². The van der Waals surface area contributed by atoms with Crippen LogP contribution in [0, 0.1) is 10.1 Å². The van der Waals surface area contributed by atoms with Crippen LogP contribution in [0.1, 0.15) is 11.5 Å². The highest BCUT2D eigenvalue weighted by Crippen LogP contribution is 2.28. The van der Waals surface area contributed by atoms with Gasteiger partial charge in [-0.2, -0.15) is 0 Å². The zero-order valence-electron chi connectivity index (χ0n) is 11.6. The van der Waals surface area contributed by atoms with Gasteiger partial charge in [0.25, 0.3) is 0 Å². The first kappa shape index (κ1) is 14.9. The number of esters is 1. The summed E-state index contributed by atoms with van der Waals surface area (Å²) in [5.74, 6) is -1.40. The number of methoxy groups -OCH3 is 1. The monoisotopic (exact) mass is 288 g/mol. The number of ether oxygens (including phenoxy) is 1. The van der Waals surface area contributed by atoms with Crippen molar-refractivity contribution in [2.24, 2.45) is 5.73 Å². The molecule has 0 aromatic heterocycles. The minimum atomic E-state index is -1.08. The number of hydrogen-bond acceptors (Lipinski definition) is 5. The maximum Gasteiger partial charge on any atom is 0.323 e. The van der Waals surface area contributed by atoms with Crippen molar-refractivity contribution in [2.75, 3.05) is 13.7 Å². The van der Waals surface area contributed by atoms with Crippen molar-refractivity contribution in [3.63, 3.8) is 0 Å². The molecule has 2 atom stereocenters. The Bertz CT molecular complexity index is 666. The van der Waals surface area contributed by atoms with Crippen molar-refractivity contribution < 1.29 is 14.5 Å². The number of nitrogens with two attached hydrogens (primary N) is 1. The molecule has 0 radical (unpaired) electrons. The molecule has 2 aromatic rings. The van der Waals surface area contributed by atoms with E-state index in [1.165, 1.54) is 7.11 Å². The van der Waals surface area contributed by atoms with Crippen molar-refractivity contribution in [3.8, 4) is 0 Å². The van der Waals surface area contributed by atoms with E-state index in [0.29, 0.717) is 5.56 Å².